The van der Waals surface area contributed by atoms with Crippen molar-refractivity contribution >= 4 is 65.5 Å². The summed E-state index contributed by atoms with van der Waals surface area (Å²) in [6.45, 7) is 7.20. The number of halogens is 2. The van der Waals surface area contributed by atoms with Crippen molar-refractivity contribution in [3.05, 3.63) is 129 Å². The monoisotopic (exact) mass is 788 g/mol. The van der Waals surface area contributed by atoms with Gasteiger partial charge in [0.2, 0.25) is 0 Å². The van der Waals surface area contributed by atoms with Gasteiger partial charge in [0, 0.05) is 43.4 Å². The summed E-state index contributed by atoms with van der Waals surface area (Å²) in [6, 6.07) is 35.2. The highest BCUT2D eigenvalue weighted by molar-refractivity contribution is 9.10. The molecule has 50 heavy (non-hydrogen) atoms. The van der Waals surface area contributed by atoms with Crippen molar-refractivity contribution in [1.29, 1.82) is 0 Å². The zero-order chi connectivity index (χ0) is 35.0. The Balaban J connectivity index is 1.12. The highest BCUT2D eigenvalue weighted by Crippen LogP contribution is 2.46. The van der Waals surface area contributed by atoms with E-state index in [2.05, 4.69) is 63.3 Å². The number of benzene rings is 4. The topological polar surface area (TPSA) is 84.0 Å². The van der Waals surface area contributed by atoms with E-state index in [1.54, 1.807) is 0 Å². The second-order valence-electron chi connectivity index (χ2n) is 14.6. The van der Waals surface area contributed by atoms with Gasteiger partial charge in [-0.15, -0.1) is 0 Å². The van der Waals surface area contributed by atoms with Crippen molar-refractivity contribution in [1.82, 2.24) is 20.6 Å². The SMILES string of the molecule is CC1(C)CC(NC(=O)c2cc(-c3ccc(Br)cc3)nc3ccccc23)CC(C)(CNC(=O)c2cc(-c3ccc(Br)cc3)nc3ccccc23)C1. The van der Waals surface area contributed by atoms with Crippen molar-refractivity contribution in [3.8, 4) is 22.5 Å². The maximum Gasteiger partial charge on any atom is 0.252 e. The number of carbonyl (C=O) groups excluding carboxylic acids is 2. The molecule has 0 spiro atoms. The molecule has 2 aromatic heterocycles. The fourth-order valence-corrected chi connectivity index (χ4v) is 8.31. The Labute approximate surface area is 309 Å². The van der Waals surface area contributed by atoms with Gasteiger partial charge in [-0.3, -0.25) is 9.59 Å². The molecule has 0 aliphatic heterocycles. The predicted molar refractivity (Wildman–Crippen MR) is 209 cm³/mol. The molecule has 252 valence electrons. The van der Waals surface area contributed by atoms with Crippen LogP contribution in [0.1, 0.15) is 60.7 Å². The summed E-state index contributed by atoms with van der Waals surface area (Å²) < 4.78 is 1.97. The fourth-order valence-electron chi connectivity index (χ4n) is 7.79. The van der Waals surface area contributed by atoms with Crippen molar-refractivity contribution in [3.63, 3.8) is 0 Å². The molecule has 1 aliphatic carbocycles. The van der Waals surface area contributed by atoms with Crippen LogP contribution in [-0.2, 0) is 0 Å². The number of para-hydroxylation sites is 2. The lowest BCUT2D eigenvalue weighted by Crippen LogP contribution is -2.50. The summed E-state index contributed by atoms with van der Waals surface area (Å²) in [5.74, 6) is -0.240. The van der Waals surface area contributed by atoms with Crippen LogP contribution >= 0.6 is 31.9 Å². The smallest absolute Gasteiger partial charge is 0.252 e. The average molecular weight is 791 g/mol. The van der Waals surface area contributed by atoms with Crippen molar-refractivity contribution in [2.75, 3.05) is 6.54 Å². The molecule has 8 heteroatoms. The van der Waals surface area contributed by atoms with E-state index in [-0.39, 0.29) is 28.7 Å². The molecule has 6 aromatic rings. The summed E-state index contributed by atoms with van der Waals surface area (Å²) in [4.78, 5) is 37.8. The molecular weight excluding hydrogens is 752 g/mol. The molecule has 6 nitrogen and oxygen atoms in total. The van der Waals surface area contributed by atoms with Crippen molar-refractivity contribution in [2.24, 2.45) is 10.8 Å². The maximum atomic E-state index is 14.1. The summed E-state index contributed by atoms with van der Waals surface area (Å²) in [5, 5.41) is 8.33. The lowest BCUT2D eigenvalue weighted by atomic mass is 9.62. The van der Waals surface area contributed by atoms with E-state index < -0.39 is 0 Å². The third kappa shape index (κ3) is 7.37. The molecule has 1 fully saturated rings. The van der Waals surface area contributed by atoms with Crippen LogP contribution in [-0.4, -0.2) is 34.4 Å². The van der Waals surface area contributed by atoms with Gasteiger partial charge in [-0.25, -0.2) is 9.97 Å². The Kier molecular flexibility index (Phi) is 9.35. The molecule has 2 amide bonds. The van der Waals surface area contributed by atoms with Gasteiger partial charge < -0.3 is 10.6 Å². The standard InChI is InChI=1S/C42H38Br2N4O2/c1-41(2)22-30(46-40(50)34-21-38(27-14-18-29(44)19-15-27)48-36-11-7-5-9-32(34)36)23-42(3,24-41)25-45-39(49)33-20-37(26-12-16-28(43)17-13-26)47-35-10-6-4-8-31(33)35/h4-21,30H,22-25H2,1-3H3,(H,45,49)(H,46,50). The number of nitrogens with one attached hydrogen (secondary N) is 2. The van der Waals surface area contributed by atoms with Crippen molar-refractivity contribution in [2.45, 2.75) is 46.1 Å². The number of carbonyl (C=O) groups is 2. The highest BCUT2D eigenvalue weighted by atomic mass is 79.9. The lowest BCUT2D eigenvalue weighted by Gasteiger charge is -2.47. The minimum absolute atomic E-state index is 0.0450. The second-order valence-corrected chi connectivity index (χ2v) is 16.4. The fraction of sp³-hybridized carbons (Fsp3) is 0.238. The zero-order valence-corrected chi connectivity index (χ0v) is 31.4. The molecule has 1 saturated carbocycles. The van der Waals surface area contributed by atoms with Crippen LogP contribution in [0.25, 0.3) is 44.3 Å². The van der Waals surface area contributed by atoms with Gasteiger partial charge in [-0.05, 0) is 78.6 Å². The Morgan fingerprint density at radius 2 is 1.16 bits per heavy atom. The summed E-state index contributed by atoms with van der Waals surface area (Å²) in [7, 11) is 0. The number of aromatic nitrogens is 2. The number of nitrogens with zero attached hydrogens (tertiary/aromatic N) is 2. The van der Waals surface area contributed by atoms with Gasteiger partial charge in [0.25, 0.3) is 11.8 Å². The summed E-state index contributed by atoms with van der Waals surface area (Å²) >= 11 is 7.02. The molecule has 2 unspecified atom stereocenters. The van der Waals surface area contributed by atoms with E-state index in [0.29, 0.717) is 17.7 Å². The summed E-state index contributed by atoms with van der Waals surface area (Å²) in [5.41, 5.74) is 5.87. The first kappa shape index (κ1) is 34.1. The zero-order valence-electron chi connectivity index (χ0n) is 28.3. The van der Waals surface area contributed by atoms with E-state index in [1.807, 2.05) is 109 Å². The van der Waals surface area contributed by atoms with E-state index in [9.17, 15) is 9.59 Å². The normalized spacial score (nSPS) is 18.5. The Morgan fingerprint density at radius 1 is 0.680 bits per heavy atom. The van der Waals surface area contributed by atoms with Crippen molar-refractivity contribution < 1.29 is 9.59 Å². The quantitative estimate of drug-likeness (QED) is 0.169. The van der Waals surface area contributed by atoms with Gasteiger partial charge in [-0.2, -0.15) is 0 Å². The van der Waals surface area contributed by atoms with Crippen LogP contribution in [0.5, 0.6) is 0 Å². The van der Waals surface area contributed by atoms with Gasteiger partial charge in [0.15, 0.2) is 0 Å². The number of hydrogen-bond acceptors (Lipinski definition) is 4. The highest BCUT2D eigenvalue weighted by Gasteiger charge is 2.42. The van der Waals surface area contributed by atoms with E-state index in [1.165, 1.54) is 0 Å². The molecule has 7 rings (SSSR count). The van der Waals surface area contributed by atoms with Crippen LogP contribution < -0.4 is 10.6 Å². The lowest BCUT2D eigenvalue weighted by molar-refractivity contribution is 0.0593. The molecular formula is C42H38Br2N4O2. The second kappa shape index (κ2) is 13.7. The van der Waals surface area contributed by atoms with E-state index >= 15 is 0 Å². The van der Waals surface area contributed by atoms with E-state index in [4.69, 9.17) is 9.97 Å². The predicted octanol–water partition coefficient (Wildman–Crippen LogP) is 10.4. The molecule has 2 heterocycles. The van der Waals surface area contributed by atoms with Crippen LogP contribution in [0.3, 0.4) is 0 Å². The van der Waals surface area contributed by atoms with Crippen LogP contribution in [0.15, 0.2) is 118 Å². The minimum Gasteiger partial charge on any atom is -0.351 e. The Hall–Kier alpha value is -4.40. The molecule has 2 atom stereocenters. The first-order valence-corrected chi connectivity index (χ1v) is 18.4. The third-order valence-corrected chi connectivity index (χ3v) is 10.7. The molecule has 1 aliphatic rings. The van der Waals surface area contributed by atoms with Gasteiger partial charge >= 0.3 is 0 Å². The summed E-state index contributed by atoms with van der Waals surface area (Å²) in [6.07, 6.45) is 2.50. The van der Waals surface area contributed by atoms with Crippen LogP contribution in [0.4, 0.5) is 0 Å². The molecule has 0 saturated heterocycles. The van der Waals surface area contributed by atoms with Crippen LogP contribution in [0, 0.1) is 10.8 Å². The maximum absolute atomic E-state index is 14.1. The first-order valence-electron chi connectivity index (χ1n) is 16.9. The Bertz CT molecular complexity index is 2230. The number of hydrogen-bond donors (Lipinski definition) is 2. The third-order valence-electron chi connectivity index (χ3n) is 9.66. The largest absolute Gasteiger partial charge is 0.351 e. The number of rotatable bonds is 7. The van der Waals surface area contributed by atoms with Gasteiger partial charge in [-0.1, -0.05) is 113 Å². The number of fused-ring (bicyclic) bond motifs is 2. The average Bonchev–Trinajstić information content (AvgIpc) is 3.09. The molecule has 2 N–H and O–H groups in total. The minimum atomic E-state index is -0.240. The van der Waals surface area contributed by atoms with E-state index in [0.717, 1.165) is 72.5 Å². The first-order chi connectivity index (χ1) is 24.0. The van der Waals surface area contributed by atoms with Gasteiger partial charge in [0.1, 0.15) is 0 Å². The number of amides is 2. The van der Waals surface area contributed by atoms with Gasteiger partial charge in [0.05, 0.1) is 33.5 Å². The molecule has 4 aromatic carbocycles. The number of pyridine rings is 2. The Morgan fingerprint density at radius 3 is 1.68 bits per heavy atom. The molecule has 0 radical (unpaired) electrons. The van der Waals surface area contributed by atoms with Crippen LogP contribution in [0.2, 0.25) is 0 Å². The molecule has 0 bridgehead atoms.